The van der Waals surface area contributed by atoms with Gasteiger partial charge >= 0.3 is 11.9 Å². The van der Waals surface area contributed by atoms with Crippen molar-refractivity contribution in [3.63, 3.8) is 0 Å². The molecule has 1 rings (SSSR count). The number of ether oxygens (including phenoxy) is 1. The van der Waals surface area contributed by atoms with E-state index < -0.39 is 22.7 Å². The average Bonchev–Trinajstić information content (AvgIpc) is 2.81. The van der Waals surface area contributed by atoms with Crippen molar-refractivity contribution in [3.8, 4) is 0 Å². The maximum absolute atomic E-state index is 12.1. The van der Waals surface area contributed by atoms with Crippen LogP contribution in [0.2, 0.25) is 0 Å². The van der Waals surface area contributed by atoms with Crippen molar-refractivity contribution in [2.75, 3.05) is 12.9 Å². The van der Waals surface area contributed by atoms with Gasteiger partial charge in [0.1, 0.15) is 6.04 Å². The van der Waals surface area contributed by atoms with E-state index in [9.17, 15) is 14.4 Å². The lowest BCUT2D eigenvalue weighted by Crippen LogP contribution is -2.48. The zero-order valence-corrected chi connectivity index (χ0v) is 11.9. The van der Waals surface area contributed by atoms with Gasteiger partial charge in [-0.05, 0) is 31.9 Å². The maximum Gasteiger partial charge on any atom is 0.326 e. The molecule has 0 aromatic heterocycles. The topological polar surface area (TPSA) is 92.7 Å². The van der Waals surface area contributed by atoms with E-state index in [4.69, 9.17) is 5.11 Å². The van der Waals surface area contributed by atoms with Crippen molar-refractivity contribution >= 4 is 29.6 Å². The Hall–Kier alpha value is -1.24. The van der Waals surface area contributed by atoms with Crippen LogP contribution in [0.4, 0.5) is 0 Å². The van der Waals surface area contributed by atoms with E-state index in [-0.39, 0.29) is 18.7 Å². The molecular formula is C12H19NO5S. The van der Waals surface area contributed by atoms with Crippen molar-refractivity contribution in [1.29, 1.82) is 0 Å². The monoisotopic (exact) mass is 289 g/mol. The van der Waals surface area contributed by atoms with Gasteiger partial charge in [0.2, 0.25) is 5.91 Å². The molecular weight excluding hydrogens is 270 g/mol. The number of carbonyl (C=O) groups is 3. The number of nitrogens with one attached hydrogen (secondary N) is 1. The molecule has 0 spiro atoms. The highest BCUT2D eigenvalue weighted by molar-refractivity contribution is 8.01. The predicted octanol–water partition coefficient (Wildman–Crippen LogP) is 0.795. The molecule has 0 saturated carbocycles. The van der Waals surface area contributed by atoms with Crippen molar-refractivity contribution in [1.82, 2.24) is 5.32 Å². The van der Waals surface area contributed by atoms with Crippen LogP contribution in [-0.2, 0) is 19.1 Å². The van der Waals surface area contributed by atoms with Crippen molar-refractivity contribution in [2.24, 2.45) is 0 Å². The number of carboxylic acids is 1. The van der Waals surface area contributed by atoms with Gasteiger partial charge in [-0.1, -0.05) is 0 Å². The van der Waals surface area contributed by atoms with Gasteiger partial charge < -0.3 is 15.2 Å². The molecule has 0 aliphatic carbocycles. The Morgan fingerprint density at radius 1 is 1.47 bits per heavy atom. The Morgan fingerprint density at radius 3 is 2.63 bits per heavy atom. The molecule has 0 bridgehead atoms. The lowest BCUT2D eigenvalue weighted by molar-refractivity contribution is -0.144. The number of aliphatic carboxylic acids is 1. The molecule has 7 heteroatoms. The Balaban J connectivity index is 2.55. The standard InChI is InChI=1S/C12H19NO5S/c1-12(6-3-7-19-12)11(17)13-8(10(15)16)4-5-9(14)18-2/h8H,3-7H2,1-2H3,(H,13,17)(H,15,16)/t8-,12?/m0/s1. The van der Waals surface area contributed by atoms with Crippen LogP contribution in [0.3, 0.4) is 0 Å². The van der Waals surface area contributed by atoms with Gasteiger partial charge in [0.05, 0.1) is 11.9 Å². The van der Waals surface area contributed by atoms with Crippen LogP contribution in [-0.4, -0.2) is 46.6 Å². The van der Waals surface area contributed by atoms with Crippen LogP contribution >= 0.6 is 11.8 Å². The summed E-state index contributed by atoms with van der Waals surface area (Å²) >= 11 is 1.54. The second kappa shape index (κ2) is 6.79. The van der Waals surface area contributed by atoms with Gasteiger partial charge in [0.25, 0.3) is 0 Å². The Bertz CT molecular complexity index is 365. The van der Waals surface area contributed by atoms with Crippen molar-refractivity contribution in [2.45, 2.75) is 43.4 Å². The minimum Gasteiger partial charge on any atom is -0.480 e. The summed E-state index contributed by atoms with van der Waals surface area (Å²) in [4.78, 5) is 34.2. The van der Waals surface area contributed by atoms with Crippen LogP contribution < -0.4 is 5.32 Å². The molecule has 0 aromatic carbocycles. The molecule has 6 nitrogen and oxygen atoms in total. The molecule has 19 heavy (non-hydrogen) atoms. The third kappa shape index (κ3) is 4.41. The molecule has 1 unspecified atom stereocenters. The fraction of sp³-hybridized carbons (Fsp3) is 0.750. The highest BCUT2D eigenvalue weighted by Gasteiger charge is 2.38. The van der Waals surface area contributed by atoms with E-state index in [1.807, 2.05) is 6.92 Å². The highest BCUT2D eigenvalue weighted by atomic mass is 32.2. The number of hydrogen-bond donors (Lipinski definition) is 2. The molecule has 108 valence electrons. The van der Waals surface area contributed by atoms with E-state index in [1.165, 1.54) is 18.9 Å². The third-order valence-corrected chi connectivity index (χ3v) is 4.69. The van der Waals surface area contributed by atoms with E-state index in [0.29, 0.717) is 0 Å². The SMILES string of the molecule is COC(=O)CC[C@H](NC(=O)C1(C)CCCS1)C(=O)O. The zero-order chi connectivity index (χ0) is 14.5. The Morgan fingerprint density at radius 2 is 2.16 bits per heavy atom. The number of hydrogen-bond acceptors (Lipinski definition) is 5. The lowest BCUT2D eigenvalue weighted by Gasteiger charge is -2.24. The van der Waals surface area contributed by atoms with Crippen LogP contribution in [0.15, 0.2) is 0 Å². The fourth-order valence-electron chi connectivity index (χ4n) is 1.89. The number of carbonyl (C=O) groups excluding carboxylic acids is 2. The molecule has 1 amide bonds. The summed E-state index contributed by atoms with van der Waals surface area (Å²) in [5, 5.41) is 11.6. The molecule has 2 atom stereocenters. The summed E-state index contributed by atoms with van der Waals surface area (Å²) in [7, 11) is 1.24. The third-order valence-electron chi connectivity index (χ3n) is 3.17. The van der Waals surface area contributed by atoms with E-state index in [2.05, 4.69) is 10.1 Å². The summed E-state index contributed by atoms with van der Waals surface area (Å²) in [6.07, 6.45) is 1.70. The Kier molecular flexibility index (Phi) is 5.65. The van der Waals surface area contributed by atoms with Gasteiger partial charge in [-0.3, -0.25) is 9.59 Å². The molecule has 1 saturated heterocycles. The van der Waals surface area contributed by atoms with Crippen molar-refractivity contribution < 1.29 is 24.2 Å². The van der Waals surface area contributed by atoms with E-state index in [0.717, 1.165) is 18.6 Å². The minimum absolute atomic E-state index is 0.0302. The van der Waals surface area contributed by atoms with Gasteiger partial charge in [0.15, 0.2) is 0 Å². The number of carboxylic acid groups (broad SMARTS) is 1. The molecule has 1 aliphatic rings. The van der Waals surface area contributed by atoms with Crippen LogP contribution in [0, 0.1) is 0 Å². The first-order chi connectivity index (χ1) is 8.89. The quantitative estimate of drug-likeness (QED) is 0.702. The highest BCUT2D eigenvalue weighted by Crippen LogP contribution is 2.37. The van der Waals surface area contributed by atoms with Crippen molar-refractivity contribution in [3.05, 3.63) is 0 Å². The maximum atomic E-state index is 12.1. The summed E-state index contributed by atoms with van der Waals surface area (Å²) in [5.74, 6) is -0.984. The van der Waals surface area contributed by atoms with E-state index >= 15 is 0 Å². The average molecular weight is 289 g/mol. The second-order valence-electron chi connectivity index (χ2n) is 4.66. The van der Waals surface area contributed by atoms with Crippen LogP contribution in [0.5, 0.6) is 0 Å². The number of rotatable bonds is 6. The molecule has 1 aliphatic heterocycles. The second-order valence-corrected chi connectivity index (χ2v) is 6.26. The fourth-order valence-corrected chi connectivity index (χ4v) is 3.11. The zero-order valence-electron chi connectivity index (χ0n) is 11.1. The number of methoxy groups -OCH3 is 1. The van der Waals surface area contributed by atoms with Crippen LogP contribution in [0.1, 0.15) is 32.6 Å². The van der Waals surface area contributed by atoms with Gasteiger partial charge in [-0.25, -0.2) is 4.79 Å². The minimum atomic E-state index is -1.14. The first kappa shape index (κ1) is 15.8. The predicted molar refractivity (Wildman–Crippen MR) is 70.9 cm³/mol. The van der Waals surface area contributed by atoms with Gasteiger partial charge in [-0.15, -0.1) is 11.8 Å². The summed E-state index contributed by atoms with van der Waals surface area (Å²) in [6, 6.07) is -1.05. The summed E-state index contributed by atoms with van der Waals surface area (Å²) in [5.41, 5.74) is 0. The van der Waals surface area contributed by atoms with Gasteiger partial charge in [0, 0.05) is 6.42 Å². The van der Waals surface area contributed by atoms with Gasteiger partial charge in [-0.2, -0.15) is 0 Å². The first-order valence-electron chi connectivity index (χ1n) is 6.13. The molecule has 0 aromatic rings. The summed E-state index contributed by atoms with van der Waals surface area (Å²) in [6.45, 7) is 1.82. The first-order valence-corrected chi connectivity index (χ1v) is 7.12. The number of esters is 1. The number of amides is 1. The van der Waals surface area contributed by atoms with E-state index in [1.54, 1.807) is 0 Å². The molecule has 1 heterocycles. The molecule has 1 fully saturated rings. The lowest BCUT2D eigenvalue weighted by atomic mass is 10.0. The Labute approximate surface area is 116 Å². The normalized spacial score (nSPS) is 23.7. The number of thioether (sulfide) groups is 1. The van der Waals surface area contributed by atoms with Crippen LogP contribution in [0.25, 0.3) is 0 Å². The largest absolute Gasteiger partial charge is 0.480 e. The molecule has 2 N–H and O–H groups in total. The molecule has 0 radical (unpaired) electrons. The smallest absolute Gasteiger partial charge is 0.326 e. The summed E-state index contributed by atoms with van der Waals surface area (Å²) < 4.78 is 3.90.